The molecule has 0 spiro atoms. The summed E-state index contributed by atoms with van der Waals surface area (Å²) in [6.45, 7) is 6.78. The lowest BCUT2D eigenvalue weighted by molar-refractivity contribution is 0.0744. The second-order valence-corrected chi connectivity index (χ2v) is 8.44. The van der Waals surface area contributed by atoms with Crippen LogP contribution >= 0.6 is 0 Å². The van der Waals surface area contributed by atoms with Crippen LogP contribution in [0.5, 0.6) is 0 Å². The summed E-state index contributed by atoms with van der Waals surface area (Å²) in [5.74, 6) is -0.0560. The highest BCUT2D eigenvalue weighted by Gasteiger charge is 2.19. The highest BCUT2D eigenvalue weighted by molar-refractivity contribution is 5.95. The number of aromatic amines is 1. The number of H-pyrrole nitrogens is 1. The Labute approximate surface area is 188 Å². The van der Waals surface area contributed by atoms with Crippen LogP contribution in [0.15, 0.2) is 77.6 Å². The average Bonchev–Trinajstić information content (AvgIpc) is 2.77. The summed E-state index contributed by atoms with van der Waals surface area (Å²) in [4.78, 5) is 31.2. The molecule has 4 heteroatoms. The van der Waals surface area contributed by atoms with Gasteiger partial charge < -0.3 is 9.88 Å². The Kier molecular flexibility index (Phi) is 6.22. The van der Waals surface area contributed by atoms with Crippen LogP contribution in [0.3, 0.4) is 0 Å². The SMILES string of the molecule is Cc1cccc(CCN(Cc2cc3cccc(C)c3[nH]c2=O)C(=O)c2ccccc2C)c1. The number of carbonyl (C=O) groups excluding carboxylic acids is 1. The Bertz CT molecular complexity index is 1340. The number of aryl methyl sites for hydroxylation is 3. The predicted molar refractivity (Wildman–Crippen MR) is 130 cm³/mol. The van der Waals surface area contributed by atoms with E-state index >= 15 is 0 Å². The summed E-state index contributed by atoms with van der Waals surface area (Å²) < 4.78 is 0. The molecule has 1 heterocycles. The number of nitrogens with one attached hydrogen (secondary N) is 1. The van der Waals surface area contributed by atoms with E-state index in [1.807, 2.05) is 68.4 Å². The second kappa shape index (κ2) is 9.23. The van der Waals surface area contributed by atoms with Crippen LogP contribution < -0.4 is 5.56 Å². The van der Waals surface area contributed by atoms with Crippen molar-refractivity contribution >= 4 is 16.8 Å². The number of rotatable bonds is 6. The van der Waals surface area contributed by atoms with E-state index < -0.39 is 0 Å². The van der Waals surface area contributed by atoms with Gasteiger partial charge in [0, 0.05) is 17.7 Å². The molecular weight excluding hydrogens is 396 g/mol. The zero-order valence-corrected chi connectivity index (χ0v) is 18.8. The molecule has 162 valence electrons. The Hall–Kier alpha value is -3.66. The maximum atomic E-state index is 13.5. The van der Waals surface area contributed by atoms with Crippen LogP contribution in [0.4, 0.5) is 0 Å². The summed E-state index contributed by atoms with van der Waals surface area (Å²) >= 11 is 0. The van der Waals surface area contributed by atoms with Gasteiger partial charge in [-0.15, -0.1) is 0 Å². The minimum atomic E-state index is -0.148. The number of fused-ring (bicyclic) bond motifs is 1. The minimum absolute atomic E-state index is 0.0560. The maximum absolute atomic E-state index is 13.5. The van der Waals surface area contributed by atoms with Crippen molar-refractivity contribution in [2.24, 2.45) is 0 Å². The molecule has 3 aromatic carbocycles. The number of para-hydroxylation sites is 1. The van der Waals surface area contributed by atoms with Crippen LogP contribution in [0.1, 0.15) is 38.2 Å². The predicted octanol–water partition coefficient (Wildman–Crippen LogP) is 5.34. The summed E-state index contributed by atoms with van der Waals surface area (Å²) in [6, 6.07) is 23.8. The van der Waals surface area contributed by atoms with E-state index in [1.54, 1.807) is 4.90 Å². The molecule has 0 radical (unpaired) electrons. The molecule has 0 aliphatic rings. The first-order valence-electron chi connectivity index (χ1n) is 10.9. The number of hydrogen-bond acceptors (Lipinski definition) is 2. The highest BCUT2D eigenvalue weighted by Crippen LogP contribution is 2.18. The second-order valence-electron chi connectivity index (χ2n) is 8.44. The number of pyridine rings is 1. The summed E-state index contributed by atoms with van der Waals surface area (Å²) in [7, 11) is 0. The smallest absolute Gasteiger partial charge is 0.254 e. The molecule has 0 saturated carbocycles. The van der Waals surface area contributed by atoms with E-state index in [0.717, 1.165) is 28.5 Å². The molecule has 0 fully saturated rings. The standard InChI is InChI=1S/C28H28N2O2/c1-19-8-6-11-22(16-19)14-15-30(28(32)25-13-5-4-9-20(25)2)18-24-17-23-12-7-10-21(3)26(23)29-27(24)31/h4-13,16-17H,14-15,18H2,1-3H3,(H,29,31). The first-order chi connectivity index (χ1) is 15.4. The van der Waals surface area contributed by atoms with Gasteiger partial charge in [0.05, 0.1) is 12.1 Å². The van der Waals surface area contributed by atoms with Gasteiger partial charge in [-0.1, -0.05) is 66.2 Å². The van der Waals surface area contributed by atoms with E-state index in [1.165, 1.54) is 11.1 Å². The fraction of sp³-hybridized carbons (Fsp3) is 0.214. The van der Waals surface area contributed by atoms with Gasteiger partial charge in [-0.05, 0) is 61.4 Å². The molecule has 1 amide bonds. The third-order valence-corrected chi connectivity index (χ3v) is 5.94. The third kappa shape index (κ3) is 4.65. The monoisotopic (exact) mass is 424 g/mol. The molecule has 1 aromatic heterocycles. The molecule has 32 heavy (non-hydrogen) atoms. The van der Waals surface area contributed by atoms with Crippen LogP contribution in [-0.2, 0) is 13.0 Å². The number of benzene rings is 3. The summed E-state index contributed by atoms with van der Waals surface area (Å²) in [5, 5.41) is 0.974. The van der Waals surface area contributed by atoms with E-state index in [2.05, 4.69) is 30.1 Å². The van der Waals surface area contributed by atoms with Gasteiger partial charge in [-0.2, -0.15) is 0 Å². The van der Waals surface area contributed by atoms with Crippen LogP contribution in [0, 0.1) is 20.8 Å². The highest BCUT2D eigenvalue weighted by atomic mass is 16.2. The molecule has 0 bridgehead atoms. The summed E-state index contributed by atoms with van der Waals surface area (Å²) in [6.07, 6.45) is 0.726. The zero-order chi connectivity index (χ0) is 22.7. The molecular formula is C28H28N2O2. The minimum Gasteiger partial charge on any atom is -0.334 e. The van der Waals surface area contributed by atoms with Crippen LogP contribution in [-0.4, -0.2) is 22.3 Å². The molecule has 1 N–H and O–H groups in total. The molecule has 0 aliphatic heterocycles. The molecule has 0 aliphatic carbocycles. The Morgan fingerprint density at radius 1 is 0.875 bits per heavy atom. The van der Waals surface area contributed by atoms with E-state index in [-0.39, 0.29) is 18.0 Å². The van der Waals surface area contributed by atoms with Gasteiger partial charge in [0.15, 0.2) is 0 Å². The zero-order valence-electron chi connectivity index (χ0n) is 18.8. The number of carbonyl (C=O) groups is 1. The maximum Gasteiger partial charge on any atom is 0.254 e. The molecule has 0 atom stereocenters. The first-order valence-corrected chi connectivity index (χ1v) is 10.9. The molecule has 0 unspecified atom stereocenters. The Morgan fingerprint density at radius 3 is 2.41 bits per heavy atom. The van der Waals surface area contributed by atoms with Crippen molar-refractivity contribution in [3.05, 3.63) is 117 Å². The van der Waals surface area contributed by atoms with E-state index in [0.29, 0.717) is 17.7 Å². The Morgan fingerprint density at radius 2 is 1.62 bits per heavy atom. The van der Waals surface area contributed by atoms with Gasteiger partial charge in [0.2, 0.25) is 0 Å². The van der Waals surface area contributed by atoms with Crippen molar-refractivity contribution in [1.82, 2.24) is 9.88 Å². The summed E-state index contributed by atoms with van der Waals surface area (Å²) in [5.41, 5.74) is 6.29. The number of aromatic nitrogens is 1. The number of amides is 1. The van der Waals surface area contributed by atoms with Crippen molar-refractivity contribution in [1.29, 1.82) is 0 Å². The fourth-order valence-electron chi connectivity index (χ4n) is 4.12. The van der Waals surface area contributed by atoms with E-state index in [4.69, 9.17) is 0 Å². The van der Waals surface area contributed by atoms with Gasteiger partial charge in [-0.25, -0.2) is 0 Å². The fourth-order valence-corrected chi connectivity index (χ4v) is 4.12. The van der Waals surface area contributed by atoms with Crippen molar-refractivity contribution in [2.75, 3.05) is 6.54 Å². The first kappa shape index (κ1) is 21.6. The van der Waals surface area contributed by atoms with Crippen molar-refractivity contribution in [2.45, 2.75) is 33.7 Å². The van der Waals surface area contributed by atoms with E-state index in [9.17, 15) is 9.59 Å². The topological polar surface area (TPSA) is 53.2 Å². The van der Waals surface area contributed by atoms with Gasteiger partial charge >= 0.3 is 0 Å². The molecule has 4 rings (SSSR count). The van der Waals surface area contributed by atoms with Gasteiger partial charge in [-0.3, -0.25) is 9.59 Å². The lowest BCUT2D eigenvalue weighted by atomic mass is 10.0. The lowest BCUT2D eigenvalue weighted by Gasteiger charge is -2.24. The van der Waals surface area contributed by atoms with Crippen molar-refractivity contribution < 1.29 is 4.79 Å². The van der Waals surface area contributed by atoms with Gasteiger partial charge in [0.25, 0.3) is 11.5 Å². The quantitative estimate of drug-likeness (QED) is 0.454. The third-order valence-electron chi connectivity index (χ3n) is 5.94. The number of nitrogens with zero attached hydrogens (tertiary/aromatic N) is 1. The normalized spacial score (nSPS) is 11.0. The average molecular weight is 425 g/mol. The van der Waals surface area contributed by atoms with Crippen LogP contribution in [0.25, 0.3) is 10.9 Å². The largest absolute Gasteiger partial charge is 0.334 e. The molecule has 4 aromatic rings. The Balaban J connectivity index is 1.68. The number of hydrogen-bond donors (Lipinski definition) is 1. The van der Waals surface area contributed by atoms with Crippen molar-refractivity contribution in [3.8, 4) is 0 Å². The lowest BCUT2D eigenvalue weighted by Crippen LogP contribution is -2.35. The van der Waals surface area contributed by atoms with Gasteiger partial charge in [0.1, 0.15) is 0 Å². The molecule has 4 nitrogen and oxygen atoms in total. The van der Waals surface area contributed by atoms with Crippen molar-refractivity contribution in [3.63, 3.8) is 0 Å². The van der Waals surface area contributed by atoms with Crippen LogP contribution in [0.2, 0.25) is 0 Å². The molecule has 0 saturated heterocycles.